The third kappa shape index (κ3) is 4.41. The number of benzene rings is 2. The van der Waals surface area contributed by atoms with Crippen LogP contribution in [-0.4, -0.2) is 26.2 Å². The predicted molar refractivity (Wildman–Crippen MR) is 126 cm³/mol. The predicted octanol–water partition coefficient (Wildman–Crippen LogP) is 6.28. The Bertz CT molecular complexity index is 1220. The molecule has 1 aliphatic heterocycles. The van der Waals surface area contributed by atoms with E-state index in [2.05, 4.69) is 0 Å². The van der Waals surface area contributed by atoms with Gasteiger partial charge >= 0.3 is 5.97 Å². The second-order valence-corrected chi connectivity index (χ2v) is 9.05. The number of rotatable bonds is 5. The lowest BCUT2D eigenvalue weighted by molar-refractivity contribution is -0.145. The Balaban J connectivity index is 1.63. The molecule has 0 aliphatic carbocycles. The van der Waals surface area contributed by atoms with Crippen molar-refractivity contribution in [1.82, 2.24) is 4.90 Å². The Labute approximate surface area is 197 Å². The van der Waals surface area contributed by atoms with Gasteiger partial charge in [0.1, 0.15) is 15.8 Å². The Morgan fingerprint density at radius 2 is 1.87 bits per heavy atom. The second kappa shape index (κ2) is 8.88. The summed E-state index contributed by atoms with van der Waals surface area (Å²) in [7, 11) is 0. The highest BCUT2D eigenvalue weighted by Crippen LogP contribution is 2.39. The Morgan fingerprint density at radius 1 is 1.13 bits per heavy atom. The number of thiocarbonyl (C=S) groups is 1. The van der Waals surface area contributed by atoms with Crippen LogP contribution in [-0.2, 0) is 9.59 Å². The monoisotopic (exact) mass is 489 g/mol. The number of carboxylic acid groups (broad SMARTS) is 1. The molecule has 1 unspecified atom stereocenters. The molecular weight excluding hydrogens is 477 g/mol. The summed E-state index contributed by atoms with van der Waals surface area (Å²) < 4.78 is 5.98. The molecule has 1 amide bonds. The van der Waals surface area contributed by atoms with E-state index in [0.29, 0.717) is 32.7 Å². The number of aliphatic carboxylic acids is 1. The normalized spacial score (nSPS) is 16.2. The quantitative estimate of drug-likeness (QED) is 0.335. The molecule has 156 valence electrons. The topological polar surface area (TPSA) is 70.8 Å². The molecule has 1 N–H and O–H groups in total. The number of carboxylic acids is 1. The zero-order chi connectivity index (χ0) is 22.1. The largest absolute Gasteiger partial charge is 0.479 e. The van der Waals surface area contributed by atoms with Crippen LogP contribution in [0, 0.1) is 0 Å². The average molecular weight is 490 g/mol. The fraction of sp³-hybridized carbons (Fsp3) is 0.0455. The lowest BCUT2D eigenvalue weighted by Crippen LogP contribution is -2.37. The smallest absolute Gasteiger partial charge is 0.331 e. The minimum absolute atomic E-state index is 0.167. The van der Waals surface area contributed by atoms with Gasteiger partial charge in [-0.1, -0.05) is 77.5 Å². The first-order valence-corrected chi connectivity index (χ1v) is 10.9. The van der Waals surface area contributed by atoms with Crippen LogP contribution in [0.2, 0.25) is 10.0 Å². The molecule has 5 nitrogen and oxygen atoms in total. The van der Waals surface area contributed by atoms with Crippen LogP contribution in [0.25, 0.3) is 17.4 Å². The lowest BCUT2D eigenvalue weighted by Gasteiger charge is -2.23. The molecule has 1 saturated heterocycles. The van der Waals surface area contributed by atoms with E-state index in [1.54, 1.807) is 60.7 Å². The van der Waals surface area contributed by atoms with Crippen molar-refractivity contribution in [2.45, 2.75) is 6.04 Å². The molecule has 1 aliphatic rings. The number of halogens is 2. The van der Waals surface area contributed by atoms with E-state index < -0.39 is 17.9 Å². The maximum atomic E-state index is 13.0. The van der Waals surface area contributed by atoms with E-state index in [9.17, 15) is 14.7 Å². The summed E-state index contributed by atoms with van der Waals surface area (Å²) in [5, 5.41) is 10.7. The van der Waals surface area contributed by atoms with Crippen molar-refractivity contribution in [3.05, 3.63) is 86.9 Å². The second-order valence-electron chi connectivity index (χ2n) is 6.53. The first-order valence-electron chi connectivity index (χ1n) is 8.95. The average Bonchev–Trinajstić information content (AvgIpc) is 3.29. The molecule has 0 radical (unpaired) electrons. The van der Waals surface area contributed by atoms with Gasteiger partial charge in [-0.2, -0.15) is 0 Å². The van der Waals surface area contributed by atoms with Crippen molar-refractivity contribution < 1.29 is 19.1 Å². The van der Waals surface area contributed by atoms with Gasteiger partial charge in [0.25, 0.3) is 5.91 Å². The lowest BCUT2D eigenvalue weighted by atomic mass is 10.1. The third-order valence-corrected chi connectivity index (χ3v) is 6.41. The number of amides is 1. The number of hydrogen-bond acceptors (Lipinski definition) is 5. The van der Waals surface area contributed by atoms with Gasteiger partial charge in [0.2, 0.25) is 0 Å². The highest BCUT2D eigenvalue weighted by molar-refractivity contribution is 8.26. The zero-order valence-corrected chi connectivity index (χ0v) is 18.8. The van der Waals surface area contributed by atoms with Gasteiger partial charge in [-0.25, -0.2) is 4.79 Å². The van der Waals surface area contributed by atoms with Crippen molar-refractivity contribution in [3.63, 3.8) is 0 Å². The maximum Gasteiger partial charge on any atom is 0.331 e. The maximum absolute atomic E-state index is 13.0. The number of furan rings is 1. The summed E-state index contributed by atoms with van der Waals surface area (Å²) in [5.74, 6) is -0.737. The summed E-state index contributed by atoms with van der Waals surface area (Å²) in [6, 6.07) is 15.8. The molecule has 1 aromatic heterocycles. The molecule has 3 aromatic rings. The molecular formula is C22H13Cl2NO4S2. The Hall–Kier alpha value is -2.58. The van der Waals surface area contributed by atoms with Gasteiger partial charge in [0.15, 0.2) is 6.04 Å². The van der Waals surface area contributed by atoms with Crippen molar-refractivity contribution in [3.8, 4) is 11.3 Å². The molecule has 1 fully saturated rings. The number of thioether (sulfide) groups is 1. The number of carbonyl (C=O) groups is 2. The molecule has 0 bridgehead atoms. The van der Waals surface area contributed by atoms with E-state index in [4.69, 9.17) is 39.8 Å². The van der Waals surface area contributed by atoms with E-state index in [-0.39, 0.29) is 9.23 Å². The fourth-order valence-corrected chi connectivity index (χ4v) is 4.93. The van der Waals surface area contributed by atoms with Gasteiger partial charge < -0.3 is 9.52 Å². The zero-order valence-electron chi connectivity index (χ0n) is 15.6. The van der Waals surface area contributed by atoms with Crippen molar-refractivity contribution in [2.24, 2.45) is 0 Å². The van der Waals surface area contributed by atoms with Crippen LogP contribution >= 0.6 is 47.2 Å². The van der Waals surface area contributed by atoms with Gasteiger partial charge in [-0.05, 0) is 35.9 Å². The van der Waals surface area contributed by atoms with E-state index in [1.165, 1.54) is 6.08 Å². The summed E-state index contributed by atoms with van der Waals surface area (Å²) >= 11 is 18.5. The van der Waals surface area contributed by atoms with Gasteiger partial charge in [0.05, 0.1) is 9.93 Å². The third-order valence-electron chi connectivity index (χ3n) is 4.53. The highest BCUT2D eigenvalue weighted by atomic mass is 35.5. The van der Waals surface area contributed by atoms with Crippen molar-refractivity contribution in [1.29, 1.82) is 0 Å². The summed E-state index contributed by atoms with van der Waals surface area (Å²) in [5.41, 5.74) is 1.12. The Morgan fingerprint density at radius 3 is 2.55 bits per heavy atom. The summed E-state index contributed by atoms with van der Waals surface area (Å²) in [6.07, 6.45) is 1.54. The van der Waals surface area contributed by atoms with Crippen LogP contribution in [0.15, 0.2) is 70.0 Å². The highest BCUT2D eigenvalue weighted by Gasteiger charge is 2.41. The standard InChI is InChI=1S/C22H13Cl2NO4S2/c23-13-6-8-15(16(24)10-13)17-9-7-14(29-17)11-18-20(26)25(22(30)31-18)19(21(27)28)12-4-2-1-3-5-12/h1-11,19H,(H,27,28)/b18-11-. The van der Waals surface area contributed by atoms with Gasteiger partial charge in [-0.3, -0.25) is 9.69 Å². The summed E-state index contributed by atoms with van der Waals surface area (Å²) in [6.45, 7) is 0. The molecule has 4 rings (SSSR count). The molecule has 2 heterocycles. The number of hydrogen-bond donors (Lipinski definition) is 1. The molecule has 31 heavy (non-hydrogen) atoms. The van der Waals surface area contributed by atoms with Crippen molar-refractivity contribution in [2.75, 3.05) is 0 Å². The molecule has 0 saturated carbocycles. The fourth-order valence-electron chi connectivity index (χ4n) is 3.13. The van der Waals surface area contributed by atoms with Gasteiger partial charge in [-0.15, -0.1) is 0 Å². The van der Waals surface area contributed by atoms with Crippen LogP contribution in [0.4, 0.5) is 0 Å². The van der Waals surface area contributed by atoms with Crippen molar-refractivity contribution >= 4 is 69.5 Å². The Kier molecular flexibility index (Phi) is 6.20. The van der Waals surface area contributed by atoms with Crippen LogP contribution < -0.4 is 0 Å². The molecule has 0 spiro atoms. The molecule has 1 atom stereocenters. The van der Waals surface area contributed by atoms with Crippen LogP contribution in [0.1, 0.15) is 17.4 Å². The number of nitrogens with zero attached hydrogens (tertiary/aromatic N) is 1. The minimum atomic E-state index is -1.21. The first-order chi connectivity index (χ1) is 14.8. The van der Waals surface area contributed by atoms with E-state index in [0.717, 1.165) is 16.7 Å². The summed E-state index contributed by atoms with van der Waals surface area (Å²) in [4.78, 5) is 26.3. The number of carbonyl (C=O) groups excluding carboxylic acids is 1. The first kappa shape index (κ1) is 21.6. The minimum Gasteiger partial charge on any atom is -0.479 e. The van der Waals surface area contributed by atoms with E-state index >= 15 is 0 Å². The van der Waals surface area contributed by atoms with Gasteiger partial charge in [0, 0.05) is 16.7 Å². The SMILES string of the molecule is O=C(O)C(c1ccccc1)N1C(=O)/C(=C/c2ccc(-c3ccc(Cl)cc3Cl)o2)SC1=S. The van der Waals surface area contributed by atoms with Crippen LogP contribution in [0.3, 0.4) is 0 Å². The molecule has 2 aromatic carbocycles. The van der Waals surface area contributed by atoms with Crippen LogP contribution in [0.5, 0.6) is 0 Å². The van der Waals surface area contributed by atoms with E-state index in [1.807, 2.05) is 0 Å². The molecule has 9 heteroatoms.